The molecule has 1 fully saturated rings. The van der Waals surface area contributed by atoms with Crippen LogP contribution in [0.1, 0.15) is 13.3 Å². The summed E-state index contributed by atoms with van der Waals surface area (Å²) in [5.74, 6) is -0.714. The maximum Gasteiger partial charge on any atom is 0.0853 e. The molecular formula is C8H16O4. The van der Waals surface area contributed by atoms with Crippen LogP contribution >= 0.6 is 0 Å². The zero-order valence-electron chi connectivity index (χ0n) is 7.09. The molecule has 72 valence electrons. The molecule has 1 saturated carbocycles. The molecule has 0 spiro atoms. The van der Waals surface area contributed by atoms with Crippen LogP contribution in [0.2, 0.25) is 0 Å². The molecule has 12 heavy (non-hydrogen) atoms. The standard InChI is InChI=1S/C8H16O4/c1-4-6(10)2-5(3-9)8(12)7(4)11/h4-12H,2-3H2,1H3/t4?,5-,6-,7-,8-/m1/s1. The van der Waals surface area contributed by atoms with E-state index in [2.05, 4.69) is 0 Å². The number of rotatable bonds is 1. The lowest BCUT2D eigenvalue weighted by atomic mass is 9.77. The molecule has 0 aromatic carbocycles. The van der Waals surface area contributed by atoms with E-state index in [0.717, 1.165) is 0 Å². The number of aliphatic hydroxyl groups is 4. The Morgan fingerprint density at radius 3 is 2.25 bits per heavy atom. The van der Waals surface area contributed by atoms with Crippen LogP contribution in [0, 0.1) is 11.8 Å². The highest BCUT2D eigenvalue weighted by atomic mass is 16.3. The Labute approximate surface area is 71.5 Å². The number of aliphatic hydroxyl groups excluding tert-OH is 4. The fraction of sp³-hybridized carbons (Fsp3) is 1.00. The molecular weight excluding hydrogens is 160 g/mol. The van der Waals surface area contributed by atoms with E-state index in [-0.39, 0.29) is 12.5 Å². The molecule has 4 nitrogen and oxygen atoms in total. The number of hydrogen-bond donors (Lipinski definition) is 4. The summed E-state index contributed by atoms with van der Waals surface area (Å²) in [4.78, 5) is 0. The van der Waals surface area contributed by atoms with Crippen LogP contribution < -0.4 is 0 Å². The van der Waals surface area contributed by atoms with Gasteiger partial charge in [-0.1, -0.05) is 6.92 Å². The van der Waals surface area contributed by atoms with Gasteiger partial charge in [0.1, 0.15) is 0 Å². The molecule has 0 aromatic heterocycles. The summed E-state index contributed by atoms with van der Waals surface area (Å²) in [5.41, 5.74) is 0. The first kappa shape index (κ1) is 9.92. The molecule has 0 saturated heterocycles. The predicted octanol–water partition coefficient (Wildman–Crippen LogP) is -1.28. The predicted molar refractivity (Wildman–Crippen MR) is 42.4 cm³/mol. The van der Waals surface area contributed by atoms with Crippen molar-refractivity contribution in [2.24, 2.45) is 11.8 Å². The third kappa shape index (κ3) is 1.61. The Kier molecular flexibility index (Phi) is 3.06. The minimum atomic E-state index is -0.925. The second kappa shape index (κ2) is 3.70. The van der Waals surface area contributed by atoms with E-state index in [0.29, 0.717) is 6.42 Å². The second-order valence-corrected chi connectivity index (χ2v) is 3.59. The van der Waals surface area contributed by atoms with Gasteiger partial charge in [0.25, 0.3) is 0 Å². The van der Waals surface area contributed by atoms with Crippen LogP contribution in [-0.2, 0) is 0 Å². The smallest absolute Gasteiger partial charge is 0.0853 e. The second-order valence-electron chi connectivity index (χ2n) is 3.59. The Morgan fingerprint density at radius 1 is 1.17 bits per heavy atom. The van der Waals surface area contributed by atoms with Gasteiger partial charge < -0.3 is 20.4 Å². The normalized spacial score (nSPS) is 49.2. The fourth-order valence-electron chi connectivity index (χ4n) is 1.66. The van der Waals surface area contributed by atoms with Crippen molar-refractivity contribution in [1.29, 1.82) is 0 Å². The minimum absolute atomic E-state index is 0.192. The molecule has 4 heteroatoms. The highest BCUT2D eigenvalue weighted by Gasteiger charge is 2.39. The average molecular weight is 176 g/mol. The Bertz CT molecular complexity index is 145. The van der Waals surface area contributed by atoms with Crippen molar-refractivity contribution in [1.82, 2.24) is 0 Å². The average Bonchev–Trinajstić information content (AvgIpc) is 2.08. The Balaban J connectivity index is 2.63. The molecule has 0 aliphatic heterocycles. The summed E-state index contributed by atoms with van der Waals surface area (Å²) in [5, 5.41) is 37.0. The molecule has 0 amide bonds. The van der Waals surface area contributed by atoms with Crippen molar-refractivity contribution in [3.63, 3.8) is 0 Å². The van der Waals surface area contributed by atoms with Gasteiger partial charge in [-0.15, -0.1) is 0 Å². The maximum atomic E-state index is 9.40. The van der Waals surface area contributed by atoms with Crippen molar-refractivity contribution in [3.05, 3.63) is 0 Å². The van der Waals surface area contributed by atoms with E-state index >= 15 is 0 Å². The maximum absolute atomic E-state index is 9.40. The summed E-state index contributed by atoms with van der Waals surface area (Å²) in [6, 6.07) is 0. The van der Waals surface area contributed by atoms with E-state index < -0.39 is 24.2 Å². The first-order chi connectivity index (χ1) is 5.57. The van der Waals surface area contributed by atoms with Crippen molar-refractivity contribution in [3.8, 4) is 0 Å². The van der Waals surface area contributed by atoms with E-state index in [1.807, 2.05) is 0 Å². The highest BCUT2D eigenvalue weighted by Crippen LogP contribution is 2.29. The highest BCUT2D eigenvalue weighted by molar-refractivity contribution is 4.89. The van der Waals surface area contributed by atoms with Crippen LogP contribution in [0.3, 0.4) is 0 Å². The quantitative estimate of drug-likeness (QED) is 0.401. The molecule has 0 aromatic rings. The largest absolute Gasteiger partial charge is 0.396 e. The molecule has 1 aliphatic carbocycles. The summed E-state index contributed by atoms with van der Waals surface area (Å²) in [7, 11) is 0. The third-order valence-electron chi connectivity index (χ3n) is 2.76. The van der Waals surface area contributed by atoms with Crippen molar-refractivity contribution >= 4 is 0 Å². The van der Waals surface area contributed by atoms with Crippen LogP contribution in [0.15, 0.2) is 0 Å². The van der Waals surface area contributed by atoms with Gasteiger partial charge in [0.2, 0.25) is 0 Å². The van der Waals surface area contributed by atoms with Gasteiger partial charge in [-0.2, -0.15) is 0 Å². The van der Waals surface area contributed by atoms with Crippen LogP contribution in [0.25, 0.3) is 0 Å². The first-order valence-electron chi connectivity index (χ1n) is 4.23. The lowest BCUT2D eigenvalue weighted by molar-refractivity contribution is -0.126. The zero-order chi connectivity index (χ0) is 9.30. The first-order valence-corrected chi connectivity index (χ1v) is 4.23. The van der Waals surface area contributed by atoms with Crippen LogP contribution in [0.5, 0.6) is 0 Å². The monoisotopic (exact) mass is 176 g/mol. The van der Waals surface area contributed by atoms with Crippen molar-refractivity contribution < 1.29 is 20.4 Å². The molecule has 1 aliphatic rings. The molecule has 5 atom stereocenters. The molecule has 0 radical (unpaired) electrons. The van der Waals surface area contributed by atoms with Crippen molar-refractivity contribution in [2.75, 3.05) is 6.61 Å². The third-order valence-corrected chi connectivity index (χ3v) is 2.76. The summed E-state index contributed by atoms with van der Waals surface area (Å²) < 4.78 is 0. The van der Waals surface area contributed by atoms with Gasteiger partial charge in [0, 0.05) is 18.4 Å². The molecule has 1 unspecified atom stereocenters. The topological polar surface area (TPSA) is 80.9 Å². The zero-order valence-corrected chi connectivity index (χ0v) is 7.09. The molecule has 0 heterocycles. The van der Waals surface area contributed by atoms with Gasteiger partial charge in [0.15, 0.2) is 0 Å². The summed E-state index contributed by atoms with van der Waals surface area (Å²) >= 11 is 0. The van der Waals surface area contributed by atoms with Crippen LogP contribution in [0.4, 0.5) is 0 Å². The summed E-state index contributed by atoms with van der Waals surface area (Å²) in [6.45, 7) is 1.49. The van der Waals surface area contributed by atoms with E-state index in [1.165, 1.54) is 0 Å². The van der Waals surface area contributed by atoms with Crippen LogP contribution in [-0.4, -0.2) is 45.3 Å². The molecule has 1 rings (SSSR count). The number of hydrogen-bond acceptors (Lipinski definition) is 4. The van der Waals surface area contributed by atoms with E-state index in [4.69, 9.17) is 5.11 Å². The molecule has 4 N–H and O–H groups in total. The van der Waals surface area contributed by atoms with Gasteiger partial charge >= 0.3 is 0 Å². The van der Waals surface area contributed by atoms with Gasteiger partial charge in [0.05, 0.1) is 18.3 Å². The minimum Gasteiger partial charge on any atom is -0.396 e. The summed E-state index contributed by atoms with van der Waals surface area (Å²) in [6.07, 6.45) is -2.10. The Hall–Kier alpha value is -0.160. The lowest BCUT2D eigenvalue weighted by Gasteiger charge is -2.38. The fourth-order valence-corrected chi connectivity index (χ4v) is 1.66. The lowest BCUT2D eigenvalue weighted by Crippen LogP contribution is -2.49. The van der Waals surface area contributed by atoms with E-state index in [1.54, 1.807) is 6.92 Å². The SMILES string of the molecule is CC1[C@H](O)C[C@H](CO)[C@@H](O)[C@@H]1O. The Morgan fingerprint density at radius 2 is 1.75 bits per heavy atom. The van der Waals surface area contributed by atoms with E-state index in [9.17, 15) is 15.3 Å². The van der Waals surface area contributed by atoms with Gasteiger partial charge in [-0.05, 0) is 6.42 Å². The van der Waals surface area contributed by atoms with Crippen molar-refractivity contribution in [2.45, 2.75) is 31.7 Å². The molecule has 0 bridgehead atoms. The van der Waals surface area contributed by atoms with Gasteiger partial charge in [-0.3, -0.25) is 0 Å². The van der Waals surface area contributed by atoms with Gasteiger partial charge in [-0.25, -0.2) is 0 Å².